The van der Waals surface area contributed by atoms with E-state index in [1.165, 1.54) is 5.57 Å². The SMILES string of the molecule is CCC1=C[C@H](O[C@@H]2[C@@H](OCc3ccccc3)[C@H](OCc3ccccc3)[C@@H](COCc3ccccc3)O[C@H]2C)OC1. The molecule has 2 aliphatic rings. The van der Waals surface area contributed by atoms with Crippen molar-refractivity contribution in [2.24, 2.45) is 0 Å². The van der Waals surface area contributed by atoms with Gasteiger partial charge in [0, 0.05) is 0 Å². The van der Waals surface area contributed by atoms with Crippen LogP contribution >= 0.6 is 0 Å². The van der Waals surface area contributed by atoms with Crippen molar-refractivity contribution < 1.29 is 28.4 Å². The van der Waals surface area contributed by atoms with Gasteiger partial charge >= 0.3 is 0 Å². The molecule has 0 spiro atoms. The lowest BCUT2D eigenvalue weighted by atomic mass is 9.94. The van der Waals surface area contributed by atoms with Gasteiger partial charge in [-0.2, -0.15) is 0 Å². The number of hydrogen-bond acceptors (Lipinski definition) is 6. The molecule has 0 unspecified atom stereocenters. The van der Waals surface area contributed by atoms with Crippen molar-refractivity contribution in [3.05, 3.63) is 119 Å². The summed E-state index contributed by atoms with van der Waals surface area (Å²) in [5, 5.41) is 0. The largest absolute Gasteiger partial charge is 0.374 e. The number of benzene rings is 3. The summed E-state index contributed by atoms with van der Waals surface area (Å²) < 4.78 is 38.4. The van der Waals surface area contributed by atoms with Gasteiger partial charge in [-0.3, -0.25) is 0 Å². The van der Waals surface area contributed by atoms with Gasteiger partial charge in [0.15, 0.2) is 6.29 Å². The van der Waals surface area contributed by atoms with E-state index in [4.69, 9.17) is 28.4 Å². The highest BCUT2D eigenvalue weighted by molar-refractivity contribution is 5.16. The number of hydrogen-bond donors (Lipinski definition) is 0. The first-order valence-corrected chi connectivity index (χ1v) is 14.2. The Morgan fingerprint density at radius 1 is 0.700 bits per heavy atom. The molecule has 0 amide bonds. The van der Waals surface area contributed by atoms with E-state index in [-0.39, 0.29) is 12.2 Å². The Morgan fingerprint density at radius 3 is 1.80 bits per heavy atom. The third kappa shape index (κ3) is 7.88. The van der Waals surface area contributed by atoms with Crippen LogP contribution in [-0.4, -0.2) is 50.0 Å². The molecule has 5 rings (SSSR count). The zero-order chi connectivity index (χ0) is 27.6. The molecule has 2 aliphatic heterocycles. The van der Waals surface area contributed by atoms with Gasteiger partial charge in [-0.25, -0.2) is 0 Å². The van der Waals surface area contributed by atoms with Gasteiger partial charge in [-0.1, -0.05) is 97.9 Å². The van der Waals surface area contributed by atoms with E-state index >= 15 is 0 Å². The zero-order valence-electron chi connectivity index (χ0n) is 23.4. The first-order chi connectivity index (χ1) is 19.7. The van der Waals surface area contributed by atoms with Crippen molar-refractivity contribution in [3.8, 4) is 0 Å². The Balaban J connectivity index is 1.36. The molecule has 0 radical (unpaired) electrons. The highest BCUT2D eigenvalue weighted by Crippen LogP contribution is 2.32. The van der Waals surface area contributed by atoms with E-state index in [9.17, 15) is 0 Å². The van der Waals surface area contributed by atoms with Crippen molar-refractivity contribution in [3.63, 3.8) is 0 Å². The van der Waals surface area contributed by atoms with Crippen LogP contribution < -0.4 is 0 Å². The summed E-state index contributed by atoms with van der Waals surface area (Å²) in [6, 6.07) is 30.5. The van der Waals surface area contributed by atoms with E-state index in [2.05, 4.69) is 49.4 Å². The average Bonchev–Trinajstić information content (AvgIpc) is 3.46. The minimum atomic E-state index is -0.436. The summed E-state index contributed by atoms with van der Waals surface area (Å²) in [5.74, 6) is 0. The third-order valence-electron chi connectivity index (χ3n) is 7.38. The Bertz CT molecular complexity index is 1170. The summed E-state index contributed by atoms with van der Waals surface area (Å²) in [6.45, 7) is 6.47. The number of ether oxygens (including phenoxy) is 6. The second kappa shape index (κ2) is 14.7. The molecule has 40 heavy (non-hydrogen) atoms. The maximum absolute atomic E-state index is 6.65. The van der Waals surface area contributed by atoms with Gasteiger partial charge in [0.25, 0.3) is 0 Å². The van der Waals surface area contributed by atoms with E-state index in [0.717, 1.165) is 23.1 Å². The standard InChI is InChI=1S/C34H40O6/c1-3-26-19-31(36-21-26)40-32-25(2)39-30(24-35-20-27-13-7-4-8-14-27)33(37-22-28-15-9-5-10-16-28)34(32)38-23-29-17-11-6-12-18-29/h4-19,25,30-34H,3,20-24H2,1-2H3/t25-,30+,31-,32-,33+,34+/m0/s1. The first kappa shape index (κ1) is 28.7. The van der Waals surface area contributed by atoms with Crippen LogP contribution in [0.3, 0.4) is 0 Å². The summed E-state index contributed by atoms with van der Waals surface area (Å²) >= 11 is 0. The van der Waals surface area contributed by atoms with Crippen LogP contribution in [-0.2, 0) is 48.2 Å². The molecular weight excluding hydrogens is 504 g/mol. The van der Waals surface area contributed by atoms with Crippen molar-refractivity contribution in [2.75, 3.05) is 13.2 Å². The van der Waals surface area contributed by atoms with Gasteiger partial charge < -0.3 is 28.4 Å². The predicted octanol–water partition coefficient (Wildman–Crippen LogP) is 6.24. The summed E-state index contributed by atoms with van der Waals surface area (Å²) in [4.78, 5) is 0. The van der Waals surface area contributed by atoms with Crippen LogP contribution in [0.1, 0.15) is 37.0 Å². The number of rotatable bonds is 13. The lowest BCUT2D eigenvalue weighted by Gasteiger charge is -2.45. The van der Waals surface area contributed by atoms with Crippen LogP contribution in [0, 0.1) is 0 Å². The third-order valence-corrected chi connectivity index (χ3v) is 7.38. The normalized spacial score (nSPS) is 26.5. The monoisotopic (exact) mass is 544 g/mol. The van der Waals surface area contributed by atoms with Crippen LogP contribution in [0.4, 0.5) is 0 Å². The summed E-state index contributed by atoms with van der Waals surface area (Å²) in [5.41, 5.74) is 4.52. The van der Waals surface area contributed by atoms with Crippen LogP contribution in [0.25, 0.3) is 0 Å². The molecule has 6 atom stereocenters. The second-order valence-electron chi connectivity index (χ2n) is 10.4. The van der Waals surface area contributed by atoms with Crippen LogP contribution in [0.15, 0.2) is 103 Å². The molecule has 0 aromatic heterocycles. The van der Waals surface area contributed by atoms with Gasteiger partial charge in [0.1, 0.15) is 24.4 Å². The highest BCUT2D eigenvalue weighted by atomic mass is 16.7. The topological polar surface area (TPSA) is 55.4 Å². The van der Waals surface area contributed by atoms with Gasteiger partial charge in [-0.05, 0) is 41.7 Å². The van der Waals surface area contributed by atoms with Crippen molar-refractivity contribution in [1.82, 2.24) is 0 Å². The molecule has 0 bridgehead atoms. The van der Waals surface area contributed by atoms with Crippen LogP contribution in [0.5, 0.6) is 0 Å². The average molecular weight is 545 g/mol. The smallest absolute Gasteiger partial charge is 0.178 e. The molecule has 3 aromatic carbocycles. The van der Waals surface area contributed by atoms with Crippen molar-refractivity contribution in [2.45, 2.75) is 76.9 Å². The predicted molar refractivity (Wildman–Crippen MR) is 153 cm³/mol. The minimum absolute atomic E-state index is 0.259. The zero-order valence-corrected chi connectivity index (χ0v) is 23.4. The maximum Gasteiger partial charge on any atom is 0.178 e. The molecule has 212 valence electrons. The Labute approximate surface area is 237 Å². The lowest BCUT2D eigenvalue weighted by Crippen LogP contribution is -2.61. The van der Waals surface area contributed by atoms with E-state index in [0.29, 0.717) is 33.0 Å². The van der Waals surface area contributed by atoms with Gasteiger partial charge in [-0.15, -0.1) is 0 Å². The Morgan fingerprint density at radius 2 is 1.25 bits per heavy atom. The molecular formula is C34H40O6. The quantitative estimate of drug-likeness (QED) is 0.238. The molecule has 2 heterocycles. The molecule has 0 saturated carbocycles. The fourth-order valence-corrected chi connectivity index (χ4v) is 5.14. The maximum atomic E-state index is 6.65. The van der Waals surface area contributed by atoms with E-state index in [1.807, 2.05) is 61.5 Å². The highest BCUT2D eigenvalue weighted by Gasteiger charge is 2.47. The lowest BCUT2D eigenvalue weighted by molar-refractivity contribution is -0.287. The molecule has 3 aromatic rings. The molecule has 6 nitrogen and oxygen atoms in total. The Hall–Kier alpha value is -2.84. The Kier molecular flexibility index (Phi) is 10.5. The molecule has 0 N–H and O–H groups in total. The van der Waals surface area contributed by atoms with Gasteiger partial charge in [0.2, 0.25) is 0 Å². The van der Waals surface area contributed by atoms with E-state index in [1.54, 1.807) is 0 Å². The van der Waals surface area contributed by atoms with Gasteiger partial charge in [0.05, 0.1) is 39.1 Å². The molecule has 6 heteroatoms. The summed E-state index contributed by atoms with van der Waals surface area (Å²) in [6.07, 6.45) is 0.753. The van der Waals surface area contributed by atoms with Crippen LogP contribution in [0.2, 0.25) is 0 Å². The second-order valence-corrected chi connectivity index (χ2v) is 10.4. The van der Waals surface area contributed by atoms with E-state index < -0.39 is 24.6 Å². The molecule has 0 aliphatic carbocycles. The van der Waals surface area contributed by atoms with Crippen molar-refractivity contribution in [1.29, 1.82) is 0 Å². The molecule has 1 fully saturated rings. The minimum Gasteiger partial charge on any atom is -0.374 e. The molecule has 1 saturated heterocycles. The fraction of sp³-hybridized carbons (Fsp3) is 0.412. The summed E-state index contributed by atoms with van der Waals surface area (Å²) in [7, 11) is 0. The first-order valence-electron chi connectivity index (χ1n) is 14.2. The van der Waals surface area contributed by atoms with Crippen molar-refractivity contribution >= 4 is 0 Å². The fourth-order valence-electron chi connectivity index (χ4n) is 5.14.